The Hall–Kier alpha value is -2.60. The third kappa shape index (κ3) is 3.70. The molecule has 21 heavy (non-hydrogen) atoms. The summed E-state index contributed by atoms with van der Waals surface area (Å²) in [5, 5.41) is 14.3. The number of aromatic nitrogens is 1. The van der Waals surface area contributed by atoms with Gasteiger partial charge in [0.2, 0.25) is 0 Å². The van der Waals surface area contributed by atoms with Gasteiger partial charge in [-0.1, -0.05) is 11.6 Å². The number of hydrogen-bond acceptors (Lipinski definition) is 3. The molecule has 0 saturated heterocycles. The van der Waals surface area contributed by atoms with Crippen LogP contribution in [0, 0.1) is 6.92 Å². The lowest BCUT2D eigenvalue weighted by molar-refractivity contribution is 0.0697. The summed E-state index contributed by atoms with van der Waals surface area (Å²) >= 11 is 5.93. The second-order valence-electron chi connectivity index (χ2n) is 4.27. The van der Waals surface area contributed by atoms with Crippen molar-refractivity contribution in [3.8, 4) is 0 Å². The summed E-state index contributed by atoms with van der Waals surface area (Å²) < 4.78 is 0. The molecule has 2 aromatic rings. The van der Waals surface area contributed by atoms with E-state index in [2.05, 4.69) is 15.6 Å². The Bertz CT molecular complexity index is 704. The summed E-state index contributed by atoms with van der Waals surface area (Å²) in [6.45, 7) is 1.83. The SMILES string of the molecule is Cc1ccncc1NC(=O)Nc1cc(C(=O)O)ccc1Cl. The molecule has 0 aliphatic carbocycles. The van der Waals surface area contributed by atoms with Gasteiger partial charge in [-0.05, 0) is 36.8 Å². The first-order valence-corrected chi connectivity index (χ1v) is 6.36. The molecule has 3 N–H and O–H groups in total. The number of aryl methyl sites for hydroxylation is 1. The monoisotopic (exact) mass is 305 g/mol. The highest BCUT2D eigenvalue weighted by Gasteiger charge is 2.11. The van der Waals surface area contributed by atoms with Crippen molar-refractivity contribution in [2.75, 3.05) is 10.6 Å². The van der Waals surface area contributed by atoms with Crippen LogP contribution in [0.25, 0.3) is 0 Å². The Morgan fingerprint density at radius 3 is 2.57 bits per heavy atom. The van der Waals surface area contributed by atoms with Crippen LogP contribution in [0.5, 0.6) is 0 Å². The van der Waals surface area contributed by atoms with Crippen molar-refractivity contribution in [3.63, 3.8) is 0 Å². The molecule has 0 aliphatic heterocycles. The largest absolute Gasteiger partial charge is 0.478 e. The first kappa shape index (κ1) is 14.8. The number of urea groups is 1. The minimum absolute atomic E-state index is 0.0345. The smallest absolute Gasteiger partial charge is 0.335 e. The van der Waals surface area contributed by atoms with Crippen LogP contribution in [-0.2, 0) is 0 Å². The topological polar surface area (TPSA) is 91.3 Å². The van der Waals surface area contributed by atoms with E-state index in [4.69, 9.17) is 16.7 Å². The van der Waals surface area contributed by atoms with Crippen molar-refractivity contribution < 1.29 is 14.7 Å². The average molecular weight is 306 g/mol. The molecule has 0 spiro atoms. The van der Waals surface area contributed by atoms with Crippen molar-refractivity contribution in [2.45, 2.75) is 6.92 Å². The standard InChI is InChI=1S/C14H12ClN3O3/c1-8-4-5-16-7-12(8)18-14(21)17-11-6-9(13(19)20)2-3-10(11)15/h2-7H,1H3,(H,19,20)(H2,17,18,21). The molecule has 0 saturated carbocycles. The maximum atomic E-state index is 11.9. The number of rotatable bonds is 3. The Morgan fingerprint density at radius 1 is 1.19 bits per heavy atom. The highest BCUT2D eigenvalue weighted by atomic mass is 35.5. The van der Waals surface area contributed by atoms with Crippen molar-refractivity contribution in [3.05, 3.63) is 52.8 Å². The summed E-state index contributed by atoms with van der Waals surface area (Å²) in [6.07, 6.45) is 3.13. The summed E-state index contributed by atoms with van der Waals surface area (Å²) in [4.78, 5) is 26.7. The van der Waals surface area contributed by atoms with Crippen molar-refractivity contribution in [2.24, 2.45) is 0 Å². The van der Waals surface area contributed by atoms with Gasteiger partial charge in [-0.15, -0.1) is 0 Å². The van der Waals surface area contributed by atoms with Crippen LogP contribution in [0.3, 0.4) is 0 Å². The zero-order chi connectivity index (χ0) is 15.4. The van der Waals surface area contributed by atoms with Gasteiger partial charge in [0.1, 0.15) is 0 Å². The van der Waals surface area contributed by atoms with Gasteiger partial charge in [-0.25, -0.2) is 9.59 Å². The predicted molar refractivity (Wildman–Crippen MR) is 80.0 cm³/mol. The van der Waals surface area contributed by atoms with Crippen molar-refractivity contribution in [1.82, 2.24) is 4.98 Å². The van der Waals surface area contributed by atoms with Crippen LogP contribution in [0.1, 0.15) is 15.9 Å². The molecule has 0 radical (unpaired) electrons. The van der Waals surface area contributed by atoms with Crippen LogP contribution >= 0.6 is 11.6 Å². The van der Waals surface area contributed by atoms with Gasteiger partial charge in [-0.3, -0.25) is 4.98 Å². The third-order valence-electron chi connectivity index (χ3n) is 2.75. The molecule has 0 bridgehead atoms. The number of anilines is 2. The first-order chi connectivity index (χ1) is 9.97. The summed E-state index contributed by atoms with van der Waals surface area (Å²) in [5.41, 5.74) is 1.66. The number of carboxylic acids is 1. The minimum atomic E-state index is -1.10. The van der Waals surface area contributed by atoms with E-state index in [1.54, 1.807) is 12.3 Å². The van der Waals surface area contributed by atoms with E-state index < -0.39 is 12.0 Å². The van der Waals surface area contributed by atoms with E-state index in [1.807, 2.05) is 6.92 Å². The Labute approximate surface area is 125 Å². The van der Waals surface area contributed by atoms with Gasteiger partial charge in [0.05, 0.1) is 28.2 Å². The number of carbonyl (C=O) groups excluding carboxylic acids is 1. The second-order valence-corrected chi connectivity index (χ2v) is 4.68. The summed E-state index contributed by atoms with van der Waals surface area (Å²) in [7, 11) is 0. The molecule has 108 valence electrons. The van der Waals surface area contributed by atoms with E-state index in [0.717, 1.165) is 5.56 Å². The van der Waals surface area contributed by atoms with E-state index >= 15 is 0 Å². The van der Waals surface area contributed by atoms with Crippen LogP contribution in [0.4, 0.5) is 16.2 Å². The molecule has 0 fully saturated rings. The lowest BCUT2D eigenvalue weighted by atomic mass is 10.2. The minimum Gasteiger partial charge on any atom is -0.478 e. The van der Waals surface area contributed by atoms with Crippen molar-refractivity contribution in [1.29, 1.82) is 0 Å². The number of nitrogens with one attached hydrogen (secondary N) is 2. The zero-order valence-electron chi connectivity index (χ0n) is 11.1. The van der Waals surface area contributed by atoms with Crippen molar-refractivity contribution >= 4 is 35.0 Å². The third-order valence-corrected chi connectivity index (χ3v) is 3.08. The number of nitrogens with zero attached hydrogens (tertiary/aromatic N) is 1. The molecule has 6 nitrogen and oxygen atoms in total. The van der Waals surface area contributed by atoms with Gasteiger partial charge in [0.15, 0.2) is 0 Å². The number of carboxylic acid groups (broad SMARTS) is 1. The maximum Gasteiger partial charge on any atom is 0.335 e. The molecule has 2 rings (SSSR count). The van der Waals surface area contributed by atoms with Crippen LogP contribution in [-0.4, -0.2) is 22.1 Å². The fraction of sp³-hybridized carbons (Fsp3) is 0.0714. The van der Waals surface area contributed by atoms with E-state index in [9.17, 15) is 9.59 Å². The number of amides is 2. The lowest BCUT2D eigenvalue weighted by Crippen LogP contribution is -2.20. The molecular weight excluding hydrogens is 294 g/mol. The summed E-state index contributed by atoms with van der Waals surface area (Å²) in [5.74, 6) is -1.10. The lowest BCUT2D eigenvalue weighted by Gasteiger charge is -2.11. The quantitative estimate of drug-likeness (QED) is 0.810. The molecule has 7 heteroatoms. The van der Waals surface area contributed by atoms with E-state index in [-0.39, 0.29) is 16.3 Å². The molecular formula is C14H12ClN3O3. The molecule has 0 aliphatic rings. The van der Waals surface area contributed by atoms with E-state index in [1.165, 1.54) is 24.4 Å². The normalized spacial score (nSPS) is 10.0. The average Bonchev–Trinajstić information content (AvgIpc) is 2.43. The number of carbonyl (C=O) groups is 2. The second kappa shape index (κ2) is 6.23. The zero-order valence-corrected chi connectivity index (χ0v) is 11.8. The van der Waals surface area contributed by atoms with Crippen LogP contribution < -0.4 is 10.6 Å². The number of hydrogen-bond donors (Lipinski definition) is 3. The highest BCUT2D eigenvalue weighted by Crippen LogP contribution is 2.23. The molecule has 1 aromatic carbocycles. The van der Waals surface area contributed by atoms with E-state index in [0.29, 0.717) is 5.69 Å². The maximum absolute atomic E-state index is 11.9. The molecule has 1 aromatic heterocycles. The van der Waals surface area contributed by atoms with Gasteiger partial charge in [0, 0.05) is 6.20 Å². The van der Waals surface area contributed by atoms with Gasteiger partial charge < -0.3 is 15.7 Å². The Balaban J connectivity index is 2.15. The highest BCUT2D eigenvalue weighted by molar-refractivity contribution is 6.34. The molecule has 1 heterocycles. The molecule has 0 atom stereocenters. The molecule has 2 amide bonds. The van der Waals surface area contributed by atoms with Gasteiger partial charge in [-0.2, -0.15) is 0 Å². The van der Waals surface area contributed by atoms with Gasteiger partial charge >= 0.3 is 12.0 Å². The number of benzene rings is 1. The van der Waals surface area contributed by atoms with Gasteiger partial charge in [0.25, 0.3) is 0 Å². The predicted octanol–water partition coefficient (Wildman–Crippen LogP) is 3.39. The Kier molecular flexibility index (Phi) is 4.39. The van der Waals surface area contributed by atoms with Crippen LogP contribution in [0.2, 0.25) is 5.02 Å². The summed E-state index contributed by atoms with van der Waals surface area (Å²) in [6, 6.07) is 5.29. The Morgan fingerprint density at radius 2 is 1.90 bits per heavy atom. The number of pyridine rings is 1. The molecule has 0 unspecified atom stereocenters. The fourth-order valence-corrected chi connectivity index (χ4v) is 1.79. The van der Waals surface area contributed by atoms with Crippen LogP contribution in [0.15, 0.2) is 36.7 Å². The first-order valence-electron chi connectivity index (χ1n) is 5.99. The number of aromatic carboxylic acids is 1. The fourth-order valence-electron chi connectivity index (χ4n) is 1.62. The number of halogens is 1.